The Bertz CT molecular complexity index is 179. The Kier molecular flexibility index (Phi) is 1.76. The Morgan fingerprint density at radius 1 is 1.17 bits per heavy atom. The number of rotatable bonds is 2. The summed E-state index contributed by atoms with van der Waals surface area (Å²) >= 11 is 0. The fourth-order valence-corrected chi connectivity index (χ4v) is 2.90. The lowest BCUT2D eigenvalue weighted by Crippen LogP contribution is -2.35. The van der Waals surface area contributed by atoms with Crippen LogP contribution < -0.4 is 5.32 Å². The Hall–Kier alpha value is -0.0400. The van der Waals surface area contributed by atoms with Crippen LogP contribution >= 0.6 is 0 Å². The van der Waals surface area contributed by atoms with E-state index in [1.165, 1.54) is 32.1 Å². The maximum atomic E-state index is 3.53. The van der Waals surface area contributed by atoms with Gasteiger partial charge in [0.1, 0.15) is 0 Å². The zero-order valence-electron chi connectivity index (χ0n) is 8.61. The van der Waals surface area contributed by atoms with Crippen molar-refractivity contribution in [2.24, 2.45) is 11.3 Å². The summed E-state index contributed by atoms with van der Waals surface area (Å²) < 4.78 is 0. The van der Waals surface area contributed by atoms with E-state index in [2.05, 4.69) is 26.2 Å². The van der Waals surface area contributed by atoms with Gasteiger partial charge in [-0.3, -0.25) is 0 Å². The van der Waals surface area contributed by atoms with E-state index in [0.29, 0.717) is 11.0 Å². The van der Waals surface area contributed by atoms with Gasteiger partial charge in [0.2, 0.25) is 0 Å². The number of hydrogen-bond donors (Lipinski definition) is 1. The molecule has 2 aliphatic rings. The summed E-state index contributed by atoms with van der Waals surface area (Å²) in [6.45, 7) is 4.83. The standard InChI is InChI=1S/C11H21N/c1-10(2)5-4-9(8-10)11(12-3)6-7-11/h9,12H,4-8H2,1-3H3. The van der Waals surface area contributed by atoms with E-state index in [1.807, 2.05) is 0 Å². The molecule has 2 rings (SSSR count). The molecule has 1 unspecified atom stereocenters. The van der Waals surface area contributed by atoms with E-state index in [0.717, 1.165) is 5.92 Å². The first-order valence-electron chi connectivity index (χ1n) is 5.27. The second-order valence-electron chi connectivity index (χ2n) is 5.51. The number of nitrogens with one attached hydrogen (secondary N) is 1. The second-order valence-corrected chi connectivity index (χ2v) is 5.51. The summed E-state index contributed by atoms with van der Waals surface area (Å²) in [4.78, 5) is 0. The average Bonchev–Trinajstić information content (AvgIpc) is 2.72. The van der Waals surface area contributed by atoms with Crippen LogP contribution in [0, 0.1) is 11.3 Å². The molecule has 0 aliphatic heterocycles. The predicted molar refractivity (Wildman–Crippen MR) is 52.1 cm³/mol. The van der Waals surface area contributed by atoms with Crippen LogP contribution in [0.15, 0.2) is 0 Å². The molecule has 0 aromatic heterocycles. The lowest BCUT2D eigenvalue weighted by molar-refractivity contribution is 0.307. The van der Waals surface area contributed by atoms with Gasteiger partial charge in [0.05, 0.1) is 0 Å². The fraction of sp³-hybridized carbons (Fsp3) is 1.00. The van der Waals surface area contributed by atoms with Crippen molar-refractivity contribution in [1.29, 1.82) is 0 Å². The summed E-state index contributed by atoms with van der Waals surface area (Å²) in [6, 6.07) is 0. The van der Waals surface area contributed by atoms with Crippen LogP contribution in [-0.2, 0) is 0 Å². The molecule has 12 heavy (non-hydrogen) atoms. The minimum atomic E-state index is 0.577. The highest BCUT2D eigenvalue weighted by Crippen LogP contribution is 2.53. The monoisotopic (exact) mass is 167 g/mol. The van der Waals surface area contributed by atoms with Gasteiger partial charge in [-0.05, 0) is 50.5 Å². The van der Waals surface area contributed by atoms with Crippen molar-refractivity contribution < 1.29 is 0 Å². The Morgan fingerprint density at radius 2 is 1.83 bits per heavy atom. The molecule has 2 saturated carbocycles. The van der Waals surface area contributed by atoms with Crippen molar-refractivity contribution in [3.05, 3.63) is 0 Å². The third-order valence-electron chi connectivity index (χ3n) is 4.04. The lowest BCUT2D eigenvalue weighted by Gasteiger charge is -2.24. The summed E-state index contributed by atoms with van der Waals surface area (Å²) in [6.07, 6.45) is 7.16. The third kappa shape index (κ3) is 1.28. The molecule has 0 radical (unpaired) electrons. The van der Waals surface area contributed by atoms with Crippen molar-refractivity contribution in [2.75, 3.05) is 7.05 Å². The molecule has 1 heteroatoms. The van der Waals surface area contributed by atoms with Crippen molar-refractivity contribution in [3.8, 4) is 0 Å². The smallest absolute Gasteiger partial charge is 0.0208 e. The molecule has 2 fully saturated rings. The van der Waals surface area contributed by atoms with Crippen LogP contribution in [0.25, 0.3) is 0 Å². The zero-order valence-corrected chi connectivity index (χ0v) is 8.61. The topological polar surface area (TPSA) is 12.0 Å². The Labute approximate surface area is 75.9 Å². The summed E-state index contributed by atoms with van der Waals surface area (Å²) in [7, 11) is 2.14. The van der Waals surface area contributed by atoms with E-state index < -0.39 is 0 Å². The van der Waals surface area contributed by atoms with Gasteiger partial charge >= 0.3 is 0 Å². The molecule has 1 N–H and O–H groups in total. The first-order valence-corrected chi connectivity index (χ1v) is 5.27. The first-order chi connectivity index (χ1) is 5.58. The van der Waals surface area contributed by atoms with Gasteiger partial charge in [0.15, 0.2) is 0 Å². The normalized spacial score (nSPS) is 36.8. The molecular weight excluding hydrogens is 146 g/mol. The van der Waals surface area contributed by atoms with Crippen molar-refractivity contribution in [1.82, 2.24) is 5.32 Å². The Morgan fingerprint density at radius 3 is 2.17 bits per heavy atom. The largest absolute Gasteiger partial charge is 0.314 e. The maximum Gasteiger partial charge on any atom is 0.0208 e. The number of hydrogen-bond acceptors (Lipinski definition) is 1. The van der Waals surface area contributed by atoms with Gasteiger partial charge in [-0.2, -0.15) is 0 Å². The maximum absolute atomic E-state index is 3.53. The van der Waals surface area contributed by atoms with Crippen molar-refractivity contribution in [3.63, 3.8) is 0 Å². The minimum absolute atomic E-state index is 0.577. The molecule has 2 aliphatic carbocycles. The van der Waals surface area contributed by atoms with Gasteiger partial charge < -0.3 is 5.32 Å². The van der Waals surface area contributed by atoms with Crippen LogP contribution in [-0.4, -0.2) is 12.6 Å². The molecule has 0 spiro atoms. The van der Waals surface area contributed by atoms with Gasteiger partial charge in [-0.1, -0.05) is 13.8 Å². The molecule has 0 heterocycles. The van der Waals surface area contributed by atoms with E-state index >= 15 is 0 Å². The first kappa shape index (κ1) is 8.55. The van der Waals surface area contributed by atoms with E-state index in [-0.39, 0.29) is 0 Å². The van der Waals surface area contributed by atoms with E-state index in [4.69, 9.17) is 0 Å². The highest BCUT2D eigenvalue weighted by atomic mass is 15.0. The van der Waals surface area contributed by atoms with Gasteiger partial charge in [-0.15, -0.1) is 0 Å². The van der Waals surface area contributed by atoms with Crippen LogP contribution in [0.4, 0.5) is 0 Å². The molecule has 0 aromatic rings. The molecule has 0 bridgehead atoms. The molecule has 1 nitrogen and oxygen atoms in total. The fourth-order valence-electron chi connectivity index (χ4n) is 2.90. The van der Waals surface area contributed by atoms with Crippen molar-refractivity contribution >= 4 is 0 Å². The van der Waals surface area contributed by atoms with Gasteiger partial charge in [0, 0.05) is 5.54 Å². The SMILES string of the molecule is CNC1(C2CCC(C)(C)C2)CC1. The summed E-state index contributed by atoms with van der Waals surface area (Å²) in [5.41, 5.74) is 1.20. The highest BCUT2D eigenvalue weighted by Gasteiger charge is 2.51. The van der Waals surface area contributed by atoms with E-state index in [1.54, 1.807) is 0 Å². The quantitative estimate of drug-likeness (QED) is 0.666. The van der Waals surface area contributed by atoms with Crippen LogP contribution in [0.3, 0.4) is 0 Å². The summed E-state index contributed by atoms with van der Waals surface area (Å²) in [5.74, 6) is 0.970. The van der Waals surface area contributed by atoms with Crippen LogP contribution in [0.5, 0.6) is 0 Å². The van der Waals surface area contributed by atoms with Crippen molar-refractivity contribution in [2.45, 2.75) is 51.5 Å². The zero-order chi connectivity index (χ0) is 8.82. The molecule has 1 atom stereocenters. The summed E-state index contributed by atoms with van der Waals surface area (Å²) in [5, 5.41) is 3.53. The molecule has 0 amide bonds. The molecular formula is C11H21N. The van der Waals surface area contributed by atoms with Gasteiger partial charge in [-0.25, -0.2) is 0 Å². The molecule has 0 aromatic carbocycles. The van der Waals surface area contributed by atoms with Crippen LogP contribution in [0.1, 0.15) is 46.0 Å². The van der Waals surface area contributed by atoms with Crippen LogP contribution in [0.2, 0.25) is 0 Å². The highest BCUT2D eigenvalue weighted by molar-refractivity contribution is 5.08. The molecule has 0 saturated heterocycles. The Balaban J connectivity index is 2.00. The van der Waals surface area contributed by atoms with Gasteiger partial charge in [0.25, 0.3) is 0 Å². The minimum Gasteiger partial charge on any atom is -0.314 e. The predicted octanol–water partition coefficient (Wildman–Crippen LogP) is 2.56. The molecule has 70 valence electrons. The lowest BCUT2D eigenvalue weighted by atomic mass is 9.87. The third-order valence-corrected chi connectivity index (χ3v) is 4.04. The van der Waals surface area contributed by atoms with E-state index in [9.17, 15) is 0 Å². The second kappa shape index (κ2) is 2.47. The average molecular weight is 167 g/mol.